The van der Waals surface area contributed by atoms with Crippen LogP contribution in [0.5, 0.6) is 0 Å². The molecule has 6 heteroatoms. The number of nitrogens with zero attached hydrogens (tertiary/aromatic N) is 1. The largest absolute Gasteiger partial charge is 0.378 e. The predicted molar refractivity (Wildman–Crippen MR) is 76.2 cm³/mol. The van der Waals surface area contributed by atoms with Crippen molar-refractivity contribution in [2.75, 3.05) is 13.2 Å². The second-order valence-electron chi connectivity index (χ2n) is 5.23. The van der Waals surface area contributed by atoms with Crippen molar-refractivity contribution in [3.05, 3.63) is 65.7 Å². The first-order valence-electron chi connectivity index (χ1n) is 6.85. The second kappa shape index (κ2) is 5.82. The molecule has 2 heterocycles. The maximum absolute atomic E-state index is 14.0. The number of amides is 1. The number of pyridine rings is 1. The zero-order chi connectivity index (χ0) is 15.6. The highest BCUT2D eigenvalue weighted by molar-refractivity contribution is 5.83. The topological polar surface area (TPSA) is 71.5 Å². The van der Waals surface area contributed by atoms with Gasteiger partial charge in [0.25, 0.3) is 5.91 Å². The summed E-state index contributed by atoms with van der Waals surface area (Å²) in [7, 11) is 0. The van der Waals surface area contributed by atoms with Gasteiger partial charge in [-0.2, -0.15) is 0 Å². The number of halogens is 1. The van der Waals surface area contributed by atoms with Crippen LogP contribution in [0, 0.1) is 5.82 Å². The van der Waals surface area contributed by atoms with E-state index < -0.39 is 23.4 Å². The van der Waals surface area contributed by atoms with E-state index in [0.717, 1.165) is 0 Å². The summed E-state index contributed by atoms with van der Waals surface area (Å²) in [5.41, 5.74) is -0.206. The maximum Gasteiger partial charge on any atom is 0.254 e. The molecule has 0 saturated carbocycles. The summed E-state index contributed by atoms with van der Waals surface area (Å²) in [6, 6.07) is 9.45. The van der Waals surface area contributed by atoms with Crippen molar-refractivity contribution in [3.63, 3.8) is 0 Å². The van der Waals surface area contributed by atoms with Crippen LogP contribution in [0.25, 0.3) is 0 Å². The average Bonchev–Trinajstić information content (AvgIpc) is 2.51. The fraction of sp³-hybridized carbons (Fsp3) is 0.250. The summed E-state index contributed by atoms with van der Waals surface area (Å²) >= 11 is 0. The van der Waals surface area contributed by atoms with E-state index in [-0.39, 0.29) is 13.2 Å². The first-order chi connectivity index (χ1) is 10.6. The van der Waals surface area contributed by atoms with E-state index in [1.54, 1.807) is 36.5 Å². The molecular formula is C16H15FN2O3. The Bertz CT molecular complexity index is 674. The van der Waals surface area contributed by atoms with E-state index in [1.807, 2.05) is 0 Å². The highest BCUT2D eigenvalue weighted by Crippen LogP contribution is 2.32. The molecule has 1 aromatic carbocycles. The molecule has 1 atom stereocenters. The van der Waals surface area contributed by atoms with Crippen LogP contribution in [-0.2, 0) is 15.1 Å². The zero-order valence-corrected chi connectivity index (χ0v) is 11.7. The van der Waals surface area contributed by atoms with Gasteiger partial charge in [0.05, 0.1) is 13.2 Å². The minimum absolute atomic E-state index is 0.166. The molecule has 1 aromatic heterocycles. The molecule has 114 valence electrons. The van der Waals surface area contributed by atoms with Crippen LogP contribution < -0.4 is 5.32 Å². The van der Waals surface area contributed by atoms with Gasteiger partial charge in [-0.3, -0.25) is 9.78 Å². The van der Waals surface area contributed by atoms with Gasteiger partial charge < -0.3 is 15.2 Å². The molecule has 1 aliphatic heterocycles. The lowest BCUT2D eigenvalue weighted by molar-refractivity contribution is -0.142. The number of hydrogen-bond acceptors (Lipinski definition) is 4. The van der Waals surface area contributed by atoms with Crippen molar-refractivity contribution in [1.29, 1.82) is 0 Å². The second-order valence-corrected chi connectivity index (χ2v) is 5.23. The van der Waals surface area contributed by atoms with Gasteiger partial charge in [0, 0.05) is 23.5 Å². The Morgan fingerprint density at radius 1 is 1.32 bits per heavy atom. The van der Waals surface area contributed by atoms with E-state index >= 15 is 0 Å². The molecule has 3 rings (SSSR count). The first kappa shape index (κ1) is 14.6. The summed E-state index contributed by atoms with van der Waals surface area (Å²) in [5.74, 6) is -1.03. The molecule has 1 unspecified atom stereocenters. The first-order valence-corrected chi connectivity index (χ1v) is 6.85. The smallest absolute Gasteiger partial charge is 0.254 e. The molecule has 2 aromatic rings. The molecule has 0 aliphatic carbocycles. The Morgan fingerprint density at radius 3 is 2.68 bits per heavy atom. The number of hydrogen-bond donors (Lipinski definition) is 2. The summed E-state index contributed by atoms with van der Waals surface area (Å²) in [6.45, 7) is 0.332. The number of ether oxygens (including phenoxy) is 1. The van der Waals surface area contributed by atoms with Gasteiger partial charge in [-0.25, -0.2) is 4.39 Å². The van der Waals surface area contributed by atoms with Crippen LogP contribution >= 0.6 is 0 Å². The molecular weight excluding hydrogens is 287 g/mol. The Morgan fingerprint density at radius 2 is 2.09 bits per heavy atom. The number of aliphatic hydroxyl groups excluding tert-OH is 1. The lowest BCUT2D eigenvalue weighted by Crippen LogP contribution is -2.60. The van der Waals surface area contributed by atoms with Crippen molar-refractivity contribution in [2.24, 2.45) is 0 Å². The third kappa shape index (κ3) is 2.58. The van der Waals surface area contributed by atoms with Gasteiger partial charge in [-0.15, -0.1) is 0 Å². The van der Waals surface area contributed by atoms with Gasteiger partial charge in [0.15, 0.2) is 6.10 Å². The molecule has 0 spiro atoms. The number of nitrogens with one attached hydrogen (secondary N) is 1. The Labute approximate surface area is 126 Å². The molecule has 22 heavy (non-hydrogen) atoms. The minimum atomic E-state index is -1.36. The van der Waals surface area contributed by atoms with Crippen LogP contribution in [0.2, 0.25) is 0 Å². The number of aromatic nitrogens is 1. The normalized spacial score (nSPS) is 17.4. The fourth-order valence-electron chi connectivity index (χ4n) is 2.44. The Kier molecular flexibility index (Phi) is 3.87. The third-order valence-electron chi connectivity index (χ3n) is 3.70. The molecule has 2 N–H and O–H groups in total. The molecule has 1 fully saturated rings. The van der Waals surface area contributed by atoms with E-state index in [4.69, 9.17) is 4.74 Å². The van der Waals surface area contributed by atoms with Crippen LogP contribution in [-0.4, -0.2) is 29.2 Å². The summed E-state index contributed by atoms with van der Waals surface area (Å²) in [4.78, 5) is 16.1. The number of carbonyl (C=O) groups is 1. The monoisotopic (exact) mass is 302 g/mol. The summed E-state index contributed by atoms with van der Waals surface area (Å²) in [5, 5.41) is 12.8. The molecule has 5 nitrogen and oxygen atoms in total. The van der Waals surface area contributed by atoms with Crippen molar-refractivity contribution in [2.45, 2.75) is 11.6 Å². The average molecular weight is 302 g/mol. The van der Waals surface area contributed by atoms with Crippen LogP contribution in [0.4, 0.5) is 4.39 Å². The molecule has 1 amide bonds. The fourth-order valence-corrected chi connectivity index (χ4v) is 2.44. The van der Waals surface area contributed by atoms with Gasteiger partial charge in [0.1, 0.15) is 11.4 Å². The molecule has 1 saturated heterocycles. The third-order valence-corrected chi connectivity index (χ3v) is 3.70. The zero-order valence-electron chi connectivity index (χ0n) is 11.7. The van der Waals surface area contributed by atoms with Gasteiger partial charge in [-0.1, -0.05) is 24.3 Å². The highest BCUT2D eigenvalue weighted by Gasteiger charge is 2.44. The van der Waals surface area contributed by atoms with E-state index in [9.17, 15) is 14.3 Å². The quantitative estimate of drug-likeness (QED) is 0.893. The van der Waals surface area contributed by atoms with Crippen molar-refractivity contribution < 1.29 is 19.0 Å². The van der Waals surface area contributed by atoms with E-state index in [1.165, 1.54) is 12.3 Å². The van der Waals surface area contributed by atoms with Crippen LogP contribution in [0.1, 0.15) is 17.2 Å². The Balaban J connectivity index is 1.81. The lowest BCUT2D eigenvalue weighted by atomic mass is 9.87. The summed E-state index contributed by atoms with van der Waals surface area (Å²) < 4.78 is 19.2. The van der Waals surface area contributed by atoms with Crippen molar-refractivity contribution in [1.82, 2.24) is 10.3 Å². The minimum Gasteiger partial charge on any atom is -0.378 e. The van der Waals surface area contributed by atoms with Gasteiger partial charge >= 0.3 is 0 Å². The van der Waals surface area contributed by atoms with Gasteiger partial charge in [0.2, 0.25) is 0 Å². The number of aliphatic hydroxyl groups is 1. The van der Waals surface area contributed by atoms with Crippen molar-refractivity contribution in [3.8, 4) is 0 Å². The molecule has 0 bridgehead atoms. The maximum atomic E-state index is 14.0. The highest BCUT2D eigenvalue weighted by atomic mass is 19.1. The number of rotatable bonds is 4. The molecule has 0 radical (unpaired) electrons. The molecule has 1 aliphatic rings. The Hall–Kier alpha value is -2.31. The SMILES string of the molecule is O=C(NC1(c2ccccc2F)COC1)C(O)c1cccnc1. The van der Waals surface area contributed by atoms with Crippen molar-refractivity contribution >= 4 is 5.91 Å². The van der Waals surface area contributed by atoms with E-state index in [0.29, 0.717) is 11.1 Å². The summed E-state index contributed by atoms with van der Waals surface area (Å²) in [6.07, 6.45) is 1.60. The van der Waals surface area contributed by atoms with Gasteiger partial charge in [-0.05, 0) is 12.1 Å². The predicted octanol–water partition coefficient (Wildman–Crippen LogP) is 1.30. The standard InChI is InChI=1S/C16H15FN2O3/c17-13-6-2-1-5-12(13)16(9-22-10-16)19-15(21)14(20)11-4-3-7-18-8-11/h1-8,14,20H,9-10H2,(H,19,21). The van der Waals surface area contributed by atoms with Crippen LogP contribution in [0.3, 0.4) is 0 Å². The van der Waals surface area contributed by atoms with Crippen LogP contribution in [0.15, 0.2) is 48.8 Å². The number of carbonyl (C=O) groups excluding carboxylic acids is 1. The van der Waals surface area contributed by atoms with E-state index in [2.05, 4.69) is 10.3 Å². The number of benzene rings is 1. The lowest BCUT2D eigenvalue weighted by Gasteiger charge is -2.42.